The van der Waals surface area contributed by atoms with Crippen molar-refractivity contribution >= 4 is 55.0 Å². The van der Waals surface area contributed by atoms with E-state index >= 15 is 0 Å². The van der Waals surface area contributed by atoms with Crippen molar-refractivity contribution in [2.75, 3.05) is 36.0 Å². The largest absolute Gasteiger partial charge is 0.372 e. The average Bonchev–Trinajstić information content (AvgIpc) is 3.20. The van der Waals surface area contributed by atoms with Gasteiger partial charge < -0.3 is 9.80 Å². The van der Waals surface area contributed by atoms with E-state index < -0.39 is 0 Å². The van der Waals surface area contributed by atoms with Crippen LogP contribution in [0.1, 0.15) is 79.1 Å². The molecule has 0 bridgehead atoms. The molecule has 0 N–H and O–H groups in total. The number of unbranched alkanes of at least 4 members (excludes halogenated alkanes) is 4. The molecule has 266 valence electrons. The Bertz CT molecular complexity index is 2080. The lowest BCUT2D eigenvalue weighted by Gasteiger charge is -2.25. The van der Waals surface area contributed by atoms with Gasteiger partial charge in [-0.2, -0.15) is 0 Å². The van der Waals surface area contributed by atoms with Crippen molar-refractivity contribution in [3.05, 3.63) is 109 Å². The zero-order valence-electron chi connectivity index (χ0n) is 31.7. The van der Waals surface area contributed by atoms with Gasteiger partial charge in [-0.15, -0.1) is 0 Å². The third-order valence-electron chi connectivity index (χ3n) is 10.7. The number of anilines is 2. The van der Waals surface area contributed by atoms with Crippen LogP contribution in [0.25, 0.3) is 65.9 Å². The number of aromatic nitrogens is 2. The molecule has 0 amide bonds. The molecule has 0 fully saturated rings. The van der Waals surface area contributed by atoms with Crippen molar-refractivity contribution in [3.63, 3.8) is 0 Å². The van der Waals surface area contributed by atoms with Crippen molar-refractivity contribution in [1.82, 2.24) is 9.97 Å². The molecule has 0 aliphatic carbocycles. The fourth-order valence-corrected chi connectivity index (χ4v) is 7.65. The minimum absolute atomic E-state index is 0.928. The normalized spacial score (nSPS) is 11.6. The maximum absolute atomic E-state index is 5.42. The van der Waals surface area contributed by atoms with Crippen LogP contribution >= 0.6 is 0 Å². The van der Waals surface area contributed by atoms with Gasteiger partial charge in [0, 0.05) is 48.3 Å². The Balaban J connectivity index is 1.32. The van der Waals surface area contributed by atoms with Gasteiger partial charge in [0.25, 0.3) is 0 Å². The molecule has 7 aromatic rings. The van der Waals surface area contributed by atoms with Crippen molar-refractivity contribution in [1.29, 1.82) is 0 Å². The van der Waals surface area contributed by atoms with Gasteiger partial charge in [0.05, 0.1) is 22.1 Å². The molecule has 1 heterocycles. The van der Waals surface area contributed by atoms with E-state index in [2.05, 4.69) is 147 Å². The molecule has 1 aromatic heterocycles. The van der Waals surface area contributed by atoms with Crippen LogP contribution in [0.3, 0.4) is 0 Å². The average molecular weight is 687 g/mol. The van der Waals surface area contributed by atoms with Crippen molar-refractivity contribution in [3.8, 4) is 22.3 Å². The van der Waals surface area contributed by atoms with E-state index in [0.717, 1.165) is 59.0 Å². The number of hydrogen-bond acceptors (Lipinski definition) is 4. The maximum Gasteiger partial charge on any atom is 0.0973 e. The summed E-state index contributed by atoms with van der Waals surface area (Å²) < 4.78 is 0. The van der Waals surface area contributed by atoms with Gasteiger partial charge in [0.15, 0.2) is 0 Å². The first kappa shape index (κ1) is 35.4. The summed E-state index contributed by atoms with van der Waals surface area (Å²) in [5.41, 5.74) is 11.2. The highest BCUT2D eigenvalue weighted by molar-refractivity contribution is 6.16. The first-order valence-corrected chi connectivity index (χ1v) is 19.9. The SMILES string of the molecule is CCCCN(CCCC)c1ccc(-c2cc3nc4cc(-c5ccc(N(CCCC)CCCC)cc5)c5ccccc5c4nc3c3ccccc23)cc1. The van der Waals surface area contributed by atoms with E-state index in [4.69, 9.17) is 9.97 Å². The molecule has 7 rings (SSSR count). The predicted octanol–water partition coefficient (Wildman–Crippen LogP) is 13.2. The molecule has 0 saturated carbocycles. The van der Waals surface area contributed by atoms with Crippen molar-refractivity contribution < 1.29 is 0 Å². The van der Waals surface area contributed by atoms with Crippen LogP contribution in [0.4, 0.5) is 11.4 Å². The smallest absolute Gasteiger partial charge is 0.0973 e. The van der Waals surface area contributed by atoms with Crippen LogP contribution in [0.15, 0.2) is 109 Å². The highest BCUT2D eigenvalue weighted by atomic mass is 15.1. The van der Waals surface area contributed by atoms with E-state index in [-0.39, 0.29) is 0 Å². The fraction of sp³-hybridized carbons (Fsp3) is 0.333. The molecule has 0 unspecified atom stereocenters. The summed E-state index contributed by atoms with van der Waals surface area (Å²) in [6.45, 7) is 13.5. The van der Waals surface area contributed by atoms with E-state index in [1.807, 2.05) is 0 Å². The van der Waals surface area contributed by atoms with Gasteiger partial charge >= 0.3 is 0 Å². The van der Waals surface area contributed by atoms with Gasteiger partial charge in [-0.25, -0.2) is 9.97 Å². The van der Waals surface area contributed by atoms with E-state index in [1.54, 1.807) is 0 Å². The topological polar surface area (TPSA) is 32.3 Å². The molecule has 0 aliphatic rings. The molecule has 6 aromatic carbocycles. The fourth-order valence-electron chi connectivity index (χ4n) is 7.65. The monoisotopic (exact) mass is 686 g/mol. The maximum atomic E-state index is 5.42. The minimum Gasteiger partial charge on any atom is -0.372 e. The number of fused-ring (bicyclic) bond motifs is 6. The number of rotatable bonds is 16. The predicted molar refractivity (Wildman–Crippen MR) is 227 cm³/mol. The summed E-state index contributed by atoms with van der Waals surface area (Å²) in [6, 6.07) is 40.3. The zero-order chi connectivity index (χ0) is 35.9. The lowest BCUT2D eigenvalue weighted by molar-refractivity contribution is 0.678. The second-order valence-corrected chi connectivity index (χ2v) is 14.4. The molecule has 0 saturated heterocycles. The highest BCUT2D eigenvalue weighted by Gasteiger charge is 2.16. The van der Waals surface area contributed by atoms with Crippen LogP contribution in [0, 0.1) is 0 Å². The number of hydrogen-bond donors (Lipinski definition) is 0. The van der Waals surface area contributed by atoms with Crippen LogP contribution < -0.4 is 9.80 Å². The van der Waals surface area contributed by atoms with E-state index in [0.29, 0.717) is 0 Å². The molecule has 0 atom stereocenters. The third kappa shape index (κ3) is 7.35. The quantitative estimate of drug-likeness (QED) is 0.0748. The summed E-state index contributed by atoms with van der Waals surface area (Å²) in [4.78, 5) is 15.9. The minimum atomic E-state index is 0.928. The van der Waals surface area contributed by atoms with Crippen LogP contribution in [-0.4, -0.2) is 36.1 Å². The molecular weight excluding hydrogens is 633 g/mol. The molecule has 52 heavy (non-hydrogen) atoms. The van der Waals surface area contributed by atoms with Crippen LogP contribution in [-0.2, 0) is 0 Å². The molecule has 0 aliphatic heterocycles. The third-order valence-corrected chi connectivity index (χ3v) is 10.7. The summed E-state index contributed by atoms with van der Waals surface area (Å²) in [5, 5.41) is 4.69. The van der Waals surface area contributed by atoms with Gasteiger partial charge in [0.1, 0.15) is 0 Å². The van der Waals surface area contributed by atoms with E-state index in [1.165, 1.54) is 95.8 Å². The number of benzene rings is 6. The summed E-state index contributed by atoms with van der Waals surface area (Å²) in [7, 11) is 0. The van der Waals surface area contributed by atoms with Gasteiger partial charge in [0.2, 0.25) is 0 Å². The van der Waals surface area contributed by atoms with Crippen molar-refractivity contribution in [2.24, 2.45) is 0 Å². The van der Waals surface area contributed by atoms with Crippen LogP contribution in [0.5, 0.6) is 0 Å². The Kier molecular flexibility index (Phi) is 11.3. The lowest BCUT2D eigenvalue weighted by atomic mass is 9.95. The van der Waals surface area contributed by atoms with E-state index in [9.17, 15) is 0 Å². The molecule has 0 spiro atoms. The molecule has 4 nitrogen and oxygen atoms in total. The summed E-state index contributed by atoms with van der Waals surface area (Å²) in [6.07, 6.45) is 9.69. The van der Waals surface area contributed by atoms with Gasteiger partial charge in [-0.3, -0.25) is 0 Å². The first-order chi connectivity index (χ1) is 25.6. The Morgan fingerprint density at radius 1 is 0.404 bits per heavy atom. The summed E-state index contributed by atoms with van der Waals surface area (Å²) in [5.74, 6) is 0. The lowest BCUT2D eigenvalue weighted by Crippen LogP contribution is -2.25. The Morgan fingerprint density at radius 2 is 0.750 bits per heavy atom. The molecular formula is C48H54N4. The van der Waals surface area contributed by atoms with Crippen molar-refractivity contribution in [2.45, 2.75) is 79.1 Å². The van der Waals surface area contributed by atoms with Gasteiger partial charge in [-0.1, -0.05) is 126 Å². The Labute approximate surface area is 310 Å². The number of nitrogens with zero attached hydrogens (tertiary/aromatic N) is 4. The second kappa shape index (κ2) is 16.6. The Hall–Kier alpha value is -4.96. The van der Waals surface area contributed by atoms with Crippen LogP contribution in [0.2, 0.25) is 0 Å². The molecule has 4 heteroatoms. The Morgan fingerprint density at radius 3 is 1.10 bits per heavy atom. The zero-order valence-corrected chi connectivity index (χ0v) is 31.7. The highest BCUT2D eigenvalue weighted by Crippen LogP contribution is 2.39. The summed E-state index contributed by atoms with van der Waals surface area (Å²) >= 11 is 0. The van der Waals surface area contributed by atoms with Gasteiger partial charge in [-0.05, 0) is 95.1 Å². The first-order valence-electron chi connectivity index (χ1n) is 19.9. The second-order valence-electron chi connectivity index (χ2n) is 14.4. The standard InChI is InChI=1S/C48H54N4/c1-5-9-29-51(30-10-6-2)37-25-21-35(22-26-37)43-33-45-47(41-19-15-13-17-39(41)43)50-48-42-20-16-14-18-40(42)44(34-46(48)49-45)36-23-27-38(28-24-36)52(31-11-7-3)32-12-8-4/h13-28,33-34H,5-12,29-32H2,1-4H3. The molecule has 0 radical (unpaired) electrons.